The highest BCUT2D eigenvalue weighted by atomic mass is 79.9. The fourth-order valence-electron chi connectivity index (χ4n) is 4.39. The molecule has 0 spiro atoms. The van der Waals surface area contributed by atoms with Crippen LogP contribution in [0.4, 0.5) is 0 Å². The number of halogens is 1. The average Bonchev–Trinajstić information content (AvgIpc) is 3.42. The molecule has 0 saturated heterocycles. The lowest BCUT2D eigenvalue weighted by molar-refractivity contribution is -0.0290. The number of carbonyl (C=O) groups excluding carboxylic acids is 2. The standard InChI is InChI=1S/C36H60BrNO15/c37-5-7-41-9-11-43-13-15-45-17-19-47-21-23-49-25-27-51-29-31-53-32-30-52-28-26-50-24-22-48-20-18-46-16-14-44-12-10-42-8-6-38-35(39)33-3-1-2-4-34(33)36(38)40/h1-4H,5-32H2. The number of fused-ring (bicyclic) bond motifs is 1. The summed E-state index contributed by atoms with van der Waals surface area (Å²) < 4.78 is 70.9. The summed E-state index contributed by atoms with van der Waals surface area (Å²) in [5.74, 6) is -0.558. The Morgan fingerprint density at radius 1 is 0.340 bits per heavy atom. The topological polar surface area (TPSA) is 157 Å². The van der Waals surface area contributed by atoms with Gasteiger partial charge in [-0.05, 0) is 12.1 Å². The second kappa shape index (κ2) is 36.0. The van der Waals surface area contributed by atoms with Crippen LogP contribution in [0.25, 0.3) is 0 Å². The van der Waals surface area contributed by atoms with Gasteiger partial charge >= 0.3 is 0 Å². The van der Waals surface area contributed by atoms with Gasteiger partial charge in [-0.3, -0.25) is 14.5 Å². The monoisotopic (exact) mass is 825 g/mol. The van der Waals surface area contributed by atoms with Crippen LogP contribution in [-0.4, -0.2) is 200 Å². The summed E-state index contributed by atoms with van der Waals surface area (Å²) in [5, 5.41) is 0.831. The maximum absolute atomic E-state index is 12.3. The van der Waals surface area contributed by atoms with Gasteiger partial charge in [0.15, 0.2) is 0 Å². The highest BCUT2D eigenvalue weighted by Gasteiger charge is 2.34. The highest BCUT2D eigenvalue weighted by Crippen LogP contribution is 2.21. The molecule has 16 nitrogen and oxygen atoms in total. The third kappa shape index (κ3) is 25.9. The molecule has 0 fully saturated rings. The van der Waals surface area contributed by atoms with E-state index in [0.29, 0.717) is 176 Å². The number of nitrogens with zero attached hydrogens (tertiary/aromatic N) is 1. The fourth-order valence-corrected chi connectivity index (χ4v) is 4.62. The smallest absolute Gasteiger partial charge is 0.261 e. The lowest BCUT2D eigenvalue weighted by Crippen LogP contribution is -2.33. The summed E-state index contributed by atoms with van der Waals surface area (Å²) in [6, 6.07) is 6.82. The van der Waals surface area contributed by atoms with Crippen molar-refractivity contribution < 1.29 is 71.2 Å². The molecule has 0 aromatic heterocycles. The molecule has 0 aliphatic carbocycles. The number of carbonyl (C=O) groups is 2. The molecule has 1 aromatic carbocycles. The Hall–Kier alpha value is -1.68. The second-order valence-electron chi connectivity index (χ2n) is 11.0. The SMILES string of the molecule is O=C1c2ccccc2C(=O)N1CCOCCOCCOCCOCCOCCOCCOCCOCCOCCOCCOCCOCCOCCBr. The first-order chi connectivity index (χ1) is 26.3. The molecule has 0 bridgehead atoms. The maximum Gasteiger partial charge on any atom is 0.261 e. The minimum Gasteiger partial charge on any atom is -0.378 e. The van der Waals surface area contributed by atoms with Crippen molar-refractivity contribution >= 4 is 27.7 Å². The summed E-state index contributed by atoms with van der Waals surface area (Å²) >= 11 is 3.30. The summed E-state index contributed by atoms with van der Waals surface area (Å²) in [6.07, 6.45) is 0. The van der Waals surface area contributed by atoms with Gasteiger partial charge in [0.1, 0.15) is 0 Å². The lowest BCUT2D eigenvalue weighted by atomic mass is 10.1. The van der Waals surface area contributed by atoms with Gasteiger partial charge in [-0.15, -0.1) is 0 Å². The van der Waals surface area contributed by atoms with Gasteiger partial charge in [0, 0.05) is 5.33 Å². The van der Waals surface area contributed by atoms with E-state index in [1.54, 1.807) is 24.3 Å². The van der Waals surface area contributed by atoms with Gasteiger partial charge in [-0.2, -0.15) is 0 Å². The Labute approximate surface area is 322 Å². The van der Waals surface area contributed by atoms with Crippen molar-refractivity contribution in [1.29, 1.82) is 0 Å². The molecule has 53 heavy (non-hydrogen) atoms. The number of alkyl halides is 1. The van der Waals surface area contributed by atoms with E-state index in [-0.39, 0.29) is 25.0 Å². The maximum atomic E-state index is 12.3. The van der Waals surface area contributed by atoms with Gasteiger partial charge in [0.25, 0.3) is 11.8 Å². The summed E-state index contributed by atoms with van der Waals surface area (Å²) in [5.41, 5.74) is 0.881. The molecule has 1 aliphatic heterocycles. The number of hydrogen-bond donors (Lipinski definition) is 0. The average molecular weight is 827 g/mol. The molecule has 306 valence electrons. The predicted molar refractivity (Wildman–Crippen MR) is 196 cm³/mol. The Kier molecular flexibility index (Phi) is 32.2. The molecule has 0 N–H and O–H groups in total. The van der Waals surface area contributed by atoms with E-state index in [9.17, 15) is 9.59 Å². The molecule has 17 heteroatoms. The van der Waals surface area contributed by atoms with Crippen molar-refractivity contribution in [2.24, 2.45) is 0 Å². The zero-order chi connectivity index (χ0) is 37.7. The zero-order valence-corrected chi connectivity index (χ0v) is 32.6. The molecule has 0 radical (unpaired) electrons. The van der Waals surface area contributed by atoms with E-state index in [1.165, 1.54) is 4.90 Å². The zero-order valence-electron chi connectivity index (χ0n) is 31.1. The third-order valence-electron chi connectivity index (χ3n) is 7.02. The number of benzene rings is 1. The summed E-state index contributed by atoms with van der Waals surface area (Å²) in [6.45, 7) is 12.9. The van der Waals surface area contributed by atoms with Crippen LogP contribution in [0.3, 0.4) is 0 Å². The van der Waals surface area contributed by atoms with Gasteiger partial charge in [-0.25, -0.2) is 0 Å². The minimum absolute atomic E-state index is 0.212. The van der Waals surface area contributed by atoms with Crippen LogP contribution < -0.4 is 0 Å². The fraction of sp³-hybridized carbons (Fsp3) is 0.778. The molecule has 1 aliphatic rings. The third-order valence-corrected chi connectivity index (χ3v) is 7.35. The first-order valence-corrected chi connectivity index (χ1v) is 19.4. The summed E-state index contributed by atoms with van der Waals surface area (Å²) in [4.78, 5) is 25.8. The van der Waals surface area contributed by atoms with Crippen LogP contribution in [0.2, 0.25) is 0 Å². The van der Waals surface area contributed by atoms with Crippen LogP contribution >= 0.6 is 15.9 Å². The van der Waals surface area contributed by atoms with E-state index < -0.39 is 0 Å². The Bertz CT molecular complexity index is 976. The van der Waals surface area contributed by atoms with E-state index >= 15 is 0 Å². The first-order valence-electron chi connectivity index (χ1n) is 18.3. The lowest BCUT2D eigenvalue weighted by Gasteiger charge is -2.13. The van der Waals surface area contributed by atoms with Gasteiger partial charge in [0.2, 0.25) is 0 Å². The molecule has 1 heterocycles. The molecule has 2 rings (SSSR count). The number of amides is 2. The molecule has 0 saturated carbocycles. The number of imide groups is 1. The molecule has 0 unspecified atom stereocenters. The summed E-state index contributed by atoms with van der Waals surface area (Å²) in [7, 11) is 0. The van der Waals surface area contributed by atoms with Gasteiger partial charge in [-0.1, -0.05) is 28.1 Å². The molecule has 0 atom stereocenters. The van der Waals surface area contributed by atoms with Crippen molar-refractivity contribution in [3.63, 3.8) is 0 Å². The van der Waals surface area contributed by atoms with Crippen LogP contribution in [0.5, 0.6) is 0 Å². The largest absolute Gasteiger partial charge is 0.378 e. The molecular weight excluding hydrogens is 766 g/mol. The van der Waals surface area contributed by atoms with Gasteiger partial charge in [0.05, 0.1) is 189 Å². The molecular formula is C36H60BrNO15. The Morgan fingerprint density at radius 2 is 0.547 bits per heavy atom. The normalized spacial score (nSPS) is 12.7. The van der Waals surface area contributed by atoms with E-state index in [2.05, 4.69) is 15.9 Å². The van der Waals surface area contributed by atoms with Crippen molar-refractivity contribution in [3.8, 4) is 0 Å². The van der Waals surface area contributed by atoms with Crippen LogP contribution in [0.15, 0.2) is 24.3 Å². The van der Waals surface area contributed by atoms with Crippen LogP contribution in [0.1, 0.15) is 20.7 Å². The van der Waals surface area contributed by atoms with E-state index in [0.717, 1.165) is 5.33 Å². The molecule has 2 amide bonds. The number of ether oxygens (including phenoxy) is 13. The Balaban J connectivity index is 1.15. The predicted octanol–water partition coefficient (Wildman–Crippen LogP) is 1.89. The molecule has 1 aromatic rings. The van der Waals surface area contributed by atoms with Crippen molar-refractivity contribution in [2.75, 3.05) is 184 Å². The quantitative estimate of drug-likeness (QED) is 0.0536. The number of rotatable bonds is 41. The van der Waals surface area contributed by atoms with Crippen LogP contribution in [0, 0.1) is 0 Å². The van der Waals surface area contributed by atoms with Crippen molar-refractivity contribution in [1.82, 2.24) is 4.90 Å². The first kappa shape index (κ1) is 47.5. The van der Waals surface area contributed by atoms with E-state index in [4.69, 9.17) is 61.6 Å². The second-order valence-corrected chi connectivity index (χ2v) is 11.8. The van der Waals surface area contributed by atoms with E-state index in [1.807, 2.05) is 0 Å². The highest BCUT2D eigenvalue weighted by molar-refractivity contribution is 9.09. The van der Waals surface area contributed by atoms with Crippen molar-refractivity contribution in [2.45, 2.75) is 0 Å². The van der Waals surface area contributed by atoms with Crippen LogP contribution in [-0.2, 0) is 61.6 Å². The Morgan fingerprint density at radius 3 is 0.774 bits per heavy atom. The number of hydrogen-bond acceptors (Lipinski definition) is 15. The minimum atomic E-state index is -0.279. The van der Waals surface area contributed by atoms with Gasteiger partial charge < -0.3 is 61.6 Å². The van der Waals surface area contributed by atoms with Crippen molar-refractivity contribution in [3.05, 3.63) is 35.4 Å².